The summed E-state index contributed by atoms with van der Waals surface area (Å²) >= 11 is 0. The molecule has 0 aliphatic heterocycles. The topological polar surface area (TPSA) is 71.1 Å². The van der Waals surface area contributed by atoms with Crippen molar-refractivity contribution >= 4 is 17.5 Å². The molecule has 5 nitrogen and oxygen atoms in total. The van der Waals surface area contributed by atoms with Gasteiger partial charge >= 0.3 is 0 Å². The van der Waals surface area contributed by atoms with Crippen LogP contribution in [0.15, 0.2) is 36.5 Å². The third-order valence-electron chi connectivity index (χ3n) is 3.25. The minimum atomic E-state index is -0.367. The van der Waals surface area contributed by atoms with E-state index in [9.17, 15) is 9.59 Å². The maximum atomic E-state index is 12.0. The maximum Gasteiger partial charge on any atom is 0.270 e. The second kappa shape index (κ2) is 6.85. The first-order chi connectivity index (χ1) is 10.5. The molecule has 22 heavy (non-hydrogen) atoms. The monoisotopic (exact) mass is 297 g/mol. The van der Waals surface area contributed by atoms with E-state index in [1.54, 1.807) is 18.2 Å². The van der Waals surface area contributed by atoms with Crippen LogP contribution in [-0.4, -0.2) is 23.3 Å². The number of amides is 2. The van der Waals surface area contributed by atoms with Crippen LogP contribution in [0.3, 0.4) is 0 Å². The van der Waals surface area contributed by atoms with E-state index in [1.165, 1.54) is 6.20 Å². The molecule has 0 spiro atoms. The van der Waals surface area contributed by atoms with E-state index in [2.05, 4.69) is 15.6 Å². The summed E-state index contributed by atoms with van der Waals surface area (Å²) in [4.78, 5) is 27.8. The molecule has 0 aliphatic rings. The van der Waals surface area contributed by atoms with E-state index in [0.717, 1.165) is 22.4 Å². The molecule has 5 heteroatoms. The van der Waals surface area contributed by atoms with Gasteiger partial charge in [0, 0.05) is 11.9 Å². The standard InChI is InChI=1S/C17H19N3O2/c1-11-8-12(2)16(13(3)9-11)20-15(21)10-19-17(22)14-6-4-5-7-18-14/h4-9H,10H2,1-3H3,(H,19,22)(H,20,21). The zero-order chi connectivity index (χ0) is 16.1. The zero-order valence-corrected chi connectivity index (χ0v) is 12.9. The number of hydrogen-bond acceptors (Lipinski definition) is 3. The van der Waals surface area contributed by atoms with Gasteiger partial charge in [0.2, 0.25) is 5.91 Å². The molecule has 2 aromatic rings. The van der Waals surface area contributed by atoms with E-state index in [1.807, 2.05) is 32.9 Å². The van der Waals surface area contributed by atoms with Crippen molar-refractivity contribution in [2.24, 2.45) is 0 Å². The van der Waals surface area contributed by atoms with Crippen molar-refractivity contribution in [2.75, 3.05) is 11.9 Å². The molecule has 2 rings (SSSR count). The fourth-order valence-corrected chi connectivity index (χ4v) is 2.31. The molecule has 0 radical (unpaired) electrons. The molecule has 114 valence electrons. The van der Waals surface area contributed by atoms with Crippen molar-refractivity contribution < 1.29 is 9.59 Å². The number of benzene rings is 1. The third-order valence-corrected chi connectivity index (χ3v) is 3.25. The predicted molar refractivity (Wildman–Crippen MR) is 85.9 cm³/mol. The molecule has 1 heterocycles. The summed E-state index contributed by atoms with van der Waals surface area (Å²) in [5.41, 5.74) is 4.24. The number of aryl methyl sites for hydroxylation is 3. The van der Waals surface area contributed by atoms with Crippen LogP contribution in [-0.2, 0) is 4.79 Å². The van der Waals surface area contributed by atoms with Crippen LogP contribution in [0.1, 0.15) is 27.2 Å². The Balaban J connectivity index is 1.95. The Bertz CT molecular complexity index is 673. The van der Waals surface area contributed by atoms with Gasteiger partial charge in [0.1, 0.15) is 5.69 Å². The minimum absolute atomic E-state index is 0.0951. The van der Waals surface area contributed by atoms with Gasteiger partial charge in [-0.3, -0.25) is 14.6 Å². The number of carbonyl (C=O) groups is 2. The molecular weight excluding hydrogens is 278 g/mol. The highest BCUT2D eigenvalue weighted by Crippen LogP contribution is 2.21. The number of nitrogens with one attached hydrogen (secondary N) is 2. The second-order valence-corrected chi connectivity index (χ2v) is 5.22. The normalized spacial score (nSPS) is 10.1. The van der Waals surface area contributed by atoms with E-state index in [4.69, 9.17) is 0 Å². The Hall–Kier alpha value is -2.69. The largest absolute Gasteiger partial charge is 0.342 e. The number of anilines is 1. The fraction of sp³-hybridized carbons (Fsp3) is 0.235. The lowest BCUT2D eigenvalue weighted by Gasteiger charge is -2.13. The molecule has 0 unspecified atom stereocenters. The van der Waals surface area contributed by atoms with E-state index in [0.29, 0.717) is 0 Å². The first-order valence-electron chi connectivity index (χ1n) is 7.04. The van der Waals surface area contributed by atoms with Crippen LogP contribution < -0.4 is 10.6 Å². The van der Waals surface area contributed by atoms with E-state index in [-0.39, 0.29) is 24.1 Å². The average Bonchev–Trinajstić information content (AvgIpc) is 2.49. The van der Waals surface area contributed by atoms with Gasteiger partial charge < -0.3 is 10.6 Å². The van der Waals surface area contributed by atoms with Crippen LogP contribution in [0.5, 0.6) is 0 Å². The van der Waals surface area contributed by atoms with Crippen molar-refractivity contribution in [1.29, 1.82) is 0 Å². The van der Waals surface area contributed by atoms with Gasteiger partial charge in [-0.15, -0.1) is 0 Å². The number of nitrogens with zero attached hydrogens (tertiary/aromatic N) is 1. The van der Waals surface area contributed by atoms with Crippen LogP contribution >= 0.6 is 0 Å². The quantitative estimate of drug-likeness (QED) is 0.910. The third kappa shape index (κ3) is 3.91. The number of pyridine rings is 1. The first-order valence-corrected chi connectivity index (χ1v) is 7.04. The highest BCUT2D eigenvalue weighted by molar-refractivity contribution is 5.99. The van der Waals surface area contributed by atoms with E-state index >= 15 is 0 Å². The molecule has 1 aromatic carbocycles. The van der Waals surface area contributed by atoms with Crippen LogP contribution in [0.4, 0.5) is 5.69 Å². The summed E-state index contributed by atoms with van der Waals surface area (Å²) in [7, 11) is 0. The molecule has 0 fully saturated rings. The molecule has 0 bridgehead atoms. The van der Waals surface area contributed by atoms with Crippen molar-refractivity contribution in [2.45, 2.75) is 20.8 Å². The molecule has 0 atom stereocenters. The van der Waals surface area contributed by atoms with Crippen molar-refractivity contribution in [1.82, 2.24) is 10.3 Å². The van der Waals surface area contributed by atoms with E-state index < -0.39 is 0 Å². The van der Waals surface area contributed by atoms with Gasteiger partial charge in [0.05, 0.1) is 6.54 Å². The summed E-state index contributed by atoms with van der Waals surface area (Å²) in [5, 5.41) is 5.39. The SMILES string of the molecule is Cc1cc(C)c(NC(=O)CNC(=O)c2ccccn2)c(C)c1. The van der Waals surface area contributed by atoms with Gasteiger partial charge in [-0.25, -0.2) is 0 Å². The highest BCUT2D eigenvalue weighted by Gasteiger charge is 2.11. The Morgan fingerprint density at radius 1 is 1.09 bits per heavy atom. The van der Waals surface area contributed by atoms with Gasteiger partial charge in [-0.05, 0) is 44.0 Å². The number of rotatable bonds is 4. The van der Waals surface area contributed by atoms with Gasteiger partial charge in [-0.2, -0.15) is 0 Å². The van der Waals surface area contributed by atoms with Crippen molar-refractivity contribution in [3.05, 3.63) is 58.9 Å². The summed E-state index contributed by atoms with van der Waals surface area (Å²) in [6, 6.07) is 9.07. The number of carbonyl (C=O) groups excluding carboxylic acids is 2. The van der Waals surface area contributed by atoms with Crippen LogP contribution in [0, 0.1) is 20.8 Å². The maximum absolute atomic E-state index is 12.0. The second-order valence-electron chi connectivity index (χ2n) is 5.22. The van der Waals surface area contributed by atoms with Gasteiger partial charge in [0.15, 0.2) is 0 Å². The molecule has 2 N–H and O–H groups in total. The minimum Gasteiger partial charge on any atom is -0.342 e. The highest BCUT2D eigenvalue weighted by atomic mass is 16.2. The van der Waals surface area contributed by atoms with Crippen LogP contribution in [0.25, 0.3) is 0 Å². The molecule has 0 saturated heterocycles. The summed E-state index contributed by atoms with van der Waals surface area (Å²) in [5.74, 6) is -0.632. The number of hydrogen-bond donors (Lipinski definition) is 2. The van der Waals surface area contributed by atoms with Crippen molar-refractivity contribution in [3.8, 4) is 0 Å². The average molecular weight is 297 g/mol. The Morgan fingerprint density at radius 2 is 1.77 bits per heavy atom. The molecule has 2 amide bonds. The Kier molecular flexibility index (Phi) is 4.88. The van der Waals surface area contributed by atoms with Gasteiger partial charge in [0.25, 0.3) is 5.91 Å². The molecule has 1 aromatic heterocycles. The summed E-state index contributed by atoms with van der Waals surface area (Å²) < 4.78 is 0. The zero-order valence-electron chi connectivity index (χ0n) is 12.9. The first kappa shape index (κ1) is 15.7. The molecule has 0 aliphatic carbocycles. The predicted octanol–water partition coefficient (Wildman–Crippen LogP) is 2.38. The smallest absolute Gasteiger partial charge is 0.270 e. The fourth-order valence-electron chi connectivity index (χ4n) is 2.31. The Labute approximate surface area is 129 Å². The molecule has 0 saturated carbocycles. The summed E-state index contributed by atoms with van der Waals surface area (Å²) in [6.45, 7) is 5.81. The lowest BCUT2D eigenvalue weighted by Crippen LogP contribution is -2.33. The van der Waals surface area contributed by atoms with Crippen LogP contribution in [0.2, 0.25) is 0 Å². The Morgan fingerprint density at radius 3 is 2.36 bits per heavy atom. The lowest BCUT2D eigenvalue weighted by molar-refractivity contribution is -0.115. The van der Waals surface area contributed by atoms with Gasteiger partial charge in [-0.1, -0.05) is 23.8 Å². The lowest BCUT2D eigenvalue weighted by atomic mass is 10.1. The summed E-state index contributed by atoms with van der Waals surface area (Å²) in [6.07, 6.45) is 1.54. The van der Waals surface area contributed by atoms with Crippen molar-refractivity contribution in [3.63, 3.8) is 0 Å². The molecular formula is C17H19N3O2. The number of aromatic nitrogens is 1.